The van der Waals surface area contributed by atoms with Crippen LogP contribution in [0.3, 0.4) is 0 Å². The Morgan fingerprint density at radius 1 is 0.727 bits per heavy atom. The minimum Gasteiger partial charge on any atom is -0.501 e. The normalized spacial score (nSPS) is 10.9. The topological polar surface area (TPSA) is 63.2 Å². The van der Waals surface area contributed by atoms with Crippen LogP contribution in [0.2, 0.25) is 0 Å². The first-order chi connectivity index (χ1) is 10.7. The molecule has 6 heteroatoms. The lowest BCUT2D eigenvalue weighted by Crippen LogP contribution is -2.28. The maximum Gasteiger partial charge on any atom is 0.162 e. The fourth-order valence-electron chi connectivity index (χ4n) is 1.45. The highest BCUT2D eigenvalue weighted by molar-refractivity contribution is 5.64. The first-order valence-electron chi connectivity index (χ1n) is 7.88. The van der Waals surface area contributed by atoms with Gasteiger partial charge in [0.2, 0.25) is 0 Å². The number of ether oxygens (including phenoxy) is 5. The number of allylic oxidation sites excluding steroid dienone is 1. The summed E-state index contributed by atoms with van der Waals surface area (Å²) in [4.78, 5) is 9.51. The number of aldehydes is 1. The van der Waals surface area contributed by atoms with Gasteiger partial charge in [-0.15, -0.1) is 0 Å². The molecule has 0 aromatic heterocycles. The van der Waals surface area contributed by atoms with Gasteiger partial charge in [0, 0.05) is 38.9 Å². The van der Waals surface area contributed by atoms with E-state index in [1.54, 1.807) is 0 Å². The first kappa shape index (κ1) is 23.3. The van der Waals surface area contributed by atoms with Crippen molar-refractivity contribution in [2.45, 2.75) is 53.6 Å². The third kappa shape index (κ3) is 17.1. The Hall–Kier alpha value is -0.950. The van der Waals surface area contributed by atoms with E-state index in [9.17, 15) is 4.79 Å². The van der Waals surface area contributed by atoms with Gasteiger partial charge in [-0.25, -0.2) is 0 Å². The third-order valence-electron chi connectivity index (χ3n) is 2.22. The van der Waals surface area contributed by atoms with Crippen LogP contribution in [-0.4, -0.2) is 51.9 Å². The van der Waals surface area contributed by atoms with E-state index in [-0.39, 0.29) is 12.6 Å². The molecule has 0 spiro atoms. The zero-order valence-corrected chi connectivity index (χ0v) is 14.6. The summed E-state index contributed by atoms with van der Waals surface area (Å²) in [7, 11) is 0. The molecule has 0 aliphatic rings. The molecule has 0 bridgehead atoms. The van der Waals surface area contributed by atoms with Crippen molar-refractivity contribution in [3.05, 3.63) is 12.3 Å². The molecule has 132 valence electrons. The molecule has 0 amide bonds. The zero-order chi connectivity index (χ0) is 17.1. The second-order valence-electron chi connectivity index (χ2n) is 3.84. The minimum atomic E-state index is -0.233. The third-order valence-corrected chi connectivity index (χ3v) is 2.22. The Balaban J connectivity index is 0. The zero-order valence-electron chi connectivity index (χ0n) is 14.6. The fraction of sp³-hybridized carbons (Fsp3) is 0.812. The number of rotatable bonds is 13. The monoisotopic (exact) mass is 320 g/mol. The second-order valence-corrected chi connectivity index (χ2v) is 3.84. The summed E-state index contributed by atoms with van der Waals surface area (Å²) >= 11 is 0. The van der Waals surface area contributed by atoms with Crippen molar-refractivity contribution >= 4 is 6.29 Å². The highest BCUT2D eigenvalue weighted by Crippen LogP contribution is 2.09. The predicted molar refractivity (Wildman–Crippen MR) is 85.5 cm³/mol. The van der Waals surface area contributed by atoms with Crippen LogP contribution in [0, 0.1) is 0 Å². The van der Waals surface area contributed by atoms with Crippen LogP contribution in [0.5, 0.6) is 0 Å². The van der Waals surface area contributed by atoms with E-state index < -0.39 is 0 Å². The van der Waals surface area contributed by atoms with Gasteiger partial charge in [-0.05, 0) is 34.6 Å². The van der Waals surface area contributed by atoms with Gasteiger partial charge >= 0.3 is 0 Å². The number of carbonyl (C=O) groups is 1. The summed E-state index contributed by atoms with van der Waals surface area (Å²) in [6, 6.07) is 0. The molecule has 22 heavy (non-hydrogen) atoms. The SMILES string of the molecule is CCO/C=C/C=O.CCOC(CC(OCC)OCC)OCC. The predicted octanol–water partition coefficient (Wildman–Crippen LogP) is 2.91. The first-order valence-corrected chi connectivity index (χ1v) is 7.88. The van der Waals surface area contributed by atoms with Crippen molar-refractivity contribution in [3.63, 3.8) is 0 Å². The summed E-state index contributed by atoms with van der Waals surface area (Å²) in [6.07, 6.45) is 3.50. The number of carbonyl (C=O) groups excluding carboxylic acids is 1. The molecular weight excluding hydrogens is 288 g/mol. The molecule has 0 N–H and O–H groups in total. The van der Waals surface area contributed by atoms with Crippen LogP contribution in [0.4, 0.5) is 0 Å². The highest BCUT2D eigenvalue weighted by Gasteiger charge is 2.17. The Kier molecular flexibility index (Phi) is 21.3. The van der Waals surface area contributed by atoms with Gasteiger partial charge in [0.1, 0.15) is 6.29 Å². The Morgan fingerprint density at radius 3 is 1.41 bits per heavy atom. The van der Waals surface area contributed by atoms with Crippen molar-refractivity contribution in [2.24, 2.45) is 0 Å². The standard InChI is InChI=1S/C11H24O4.C5H8O2/c1-5-12-10(13-6-2)9-11(14-7-3)15-8-4;1-2-7-5-3-4-6/h10-11H,5-9H2,1-4H3;3-5H,2H2,1H3/b;5-3+. The van der Waals surface area contributed by atoms with Crippen molar-refractivity contribution in [1.82, 2.24) is 0 Å². The number of hydrogen-bond acceptors (Lipinski definition) is 6. The largest absolute Gasteiger partial charge is 0.501 e. The maximum atomic E-state index is 9.51. The van der Waals surface area contributed by atoms with Gasteiger partial charge in [-0.1, -0.05) is 0 Å². The summed E-state index contributed by atoms with van der Waals surface area (Å²) in [5.74, 6) is 0. The van der Waals surface area contributed by atoms with Gasteiger partial charge < -0.3 is 23.7 Å². The van der Waals surface area contributed by atoms with Crippen LogP contribution in [0.25, 0.3) is 0 Å². The molecule has 0 aromatic carbocycles. The van der Waals surface area contributed by atoms with Crippen LogP contribution in [-0.2, 0) is 28.5 Å². The summed E-state index contributed by atoms with van der Waals surface area (Å²) in [6.45, 7) is 12.8. The lowest BCUT2D eigenvalue weighted by molar-refractivity contribution is -0.207. The van der Waals surface area contributed by atoms with E-state index in [0.717, 1.165) is 0 Å². The summed E-state index contributed by atoms with van der Waals surface area (Å²) in [5.41, 5.74) is 0. The van der Waals surface area contributed by atoms with E-state index in [4.69, 9.17) is 18.9 Å². The fourth-order valence-corrected chi connectivity index (χ4v) is 1.45. The molecule has 0 saturated heterocycles. The molecule has 0 aliphatic heterocycles. The molecule has 0 rings (SSSR count). The lowest BCUT2D eigenvalue weighted by Gasteiger charge is -2.23. The van der Waals surface area contributed by atoms with Gasteiger partial charge in [0.25, 0.3) is 0 Å². The Labute approximate surface area is 134 Å². The van der Waals surface area contributed by atoms with Gasteiger partial charge in [0.15, 0.2) is 12.6 Å². The van der Waals surface area contributed by atoms with Crippen LogP contribution in [0.1, 0.15) is 41.0 Å². The molecule has 0 aliphatic carbocycles. The maximum absolute atomic E-state index is 9.51. The van der Waals surface area contributed by atoms with Crippen LogP contribution in [0.15, 0.2) is 12.3 Å². The van der Waals surface area contributed by atoms with Crippen LogP contribution < -0.4 is 0 Å². The molecule has 6 nitrogen and oxygen atoms in total. The molecule has 0 fully saturated rings. The summed E-state index contributed by atoms with van der Waals surface area (Å²) in [5, 5.41) is 0. The minimum absolute atomic E-state index is 0.233. The lowest BCUT2D eigenvalue weighted by atomic mass is 10.4. The van der Waals surface area contributed by atoms with E-state index in [0.29, 0.717) is 45.7 Å². The Bertz CT molecular complexity index is 219. The number of hydrogen-bond donors (Lipinski definition) is 0. The van der Waals surface area contributed by atoms with E-state index in [1.807, 2.05) is 34.6 Å². The van der Waals surface area contributed by atoms with Gasteiger partial charge in [0.05, 0.1) is 12.9 Å². The summed E-state index contributed by atoms with van der Waals surface area (Å²) < 4.78 is 26.4. The quantitative estimate of drug-likeness (QED) is 0.225. The molecule has 0 unspecified atom stereocenters. The van der Waals surface area contributed by atoms with E-state index in [2.05, 4.69) is 4.74 Å². The average molecular weight is 320 g/mol. The molecule has 0 radical (unpaired) electrons. The molecule has 0 saturated carbocycles. The molecule has 0 atom stereocenters. The molecular formula is C16H32O6. The average Bonchev–Trinajstić information content (AvgIpc) is 2.49. The molecule has 0 aromatic rings. The highest BCUT2D eigenvalue weighted by atomic mass is 16.7. The van der Waals surface area contributed by atoms with Gasteiger partial charge in [-0.2, -0.15) is 0 Å². The van der Waals surface area contributed by atoms with Crippen molar-refractivity contribution < 1.29 is 28.5 Å². The van der Waals surface area contributed by atoms with Crippen molar-refractivity contribution in [1.29, 1.82) is 0 Å². The van der Waals surface area contributed by atoms with Crippen molar-refractivity contribution in [2.75, 3.05) is 33.0 Å². The van der Waals surface area contributed by atoms with Crippen molar-refractivity contribution in [3.8, 4) is 0 Å². The smallest absolute Gasteiger partial charge is 0.162 e. The van der Waals surface area contributed by atoms with E-state index >= 15 is 0 Å². The second kappa shape index (κ2) is 20.1. The Morgan fingerprint density at radius 2 is 1.14 bits per heavy atom. The van der Waals surface area contributed by atoms with E-state index in [1.165, 1.54) is 12.3 Å². The van der Waals surface area contributed by atoms with Crippen LogP contribution >= 0.6 is 0 Å². The van der Waals surface area contributed by atoms with Gasteiger partial charge in [-0.3, -0.25) is 4.79 Å². The molecule has 0 heterocycles.